The number of aliphatic hydroxyl groups is 1. The Kier molecular flexibility index (Phi) is 10.2. The predicted molar refractivity (Wildman–Crippen MR) is 165 cm³/mol. The van der Waals surface area contributed by atoms with Crippen LogP contribution in [0.1, 0.15) is 40.5 Å². The van der Waals surface area contributed by atoms with Crippen molar-refractivity contribution in [2.75, 3.05) is 13.7 Å². The van der Waals surface area contributed by atoms with Crippen LogP contribution in [0, 0.1) is 5.92 Å². The molecule has 47 heavy (non-hydrogen) atoms. The van der Waals surface area contributed by atoms with Gasteiger partial charge in [-0.05, 0) is 48.2 Å². The van der Waals surface area contributed by atoms with Gasteiger partial charge in [0.2, 0.25) is 6.23 Å². The maximum Gasteiger partial charge on any atom is 0.350 e. The summed E-state index contributed by atoms with van der Waals surface area (Å²) in [6.07, 6.45) is -2.78. The molecule has 3 heterocycles. The highest BCUT2D eigenvalue weighted by atomic mass is 32.5. The number of hydrogen-bond acceptors (Lipinski definition) is 11. The first-order valence-electron chi connectivity index (χ1n) is 14.1. The summed E-state index contributed by atoms with van der Waals surface area (Å²) in [5, 5.41) is 12.4. The molecule has 3 N–H and O–H groups in total. The zero-order chi connectivity index (χ0) is 33.9. The standard InChI is InChI=1S/C30H30F2N3O10PS/c1-17-24(16-43-46(40,47)34-27(38)18-6-4-3-5-7-18)45-28(30(17,31)32)35-9-8-21(33-29(35)39)13-25(37)42-15-23-11-19-10-22(41-2)12-20(14-36)26(19)44-23/h3-12,17,24,28,36H,13-16H2,1-2H3,(H2,34,38,40,47)/t17-,24-,28-,46?/m1/s1. The van der Waals surface area contributed by atoms with E-state index in [1.807, 2.05) is 0 Å². The van der Waals surface area contributed by atoms with E-state index in [0.29, 0.717) is 32.6 Å². The van der Waals surface area contributed by atoms with Crippen LogP contribution in [0.4, 0.5) is 8.78 Å². The molecule has 1 unspecified atom stereocenters. The van der Waals surface area contributed by atoms with Gasteiger partial charge in [0.25, 0.3) is 18.5 Å². The monoisotopic (exact) mass is 693 g/mol. The summed E-state index contributed by atoms with van der Waals surface area (Å²) >= 11 is 4.97. The third-order valence-corrected chi connectivity index (χ3v) is 9.03. The van der Waals surface area contributed by atoms with Crippen LogP contribution in [0.3, 0.4) is 0 Å². The molecule has 2 aromatic heterocycles. The highest BCUT2D eigenvalue weighted by molar-refractivity contribution is 8.08. The number of amides is 1. The van der Waals surface area contributed by atoms with E-state index in [4.69, 9.17) is 35.0 Å². The lowest BCUT2D eigenvalue weighted by atomic mass is 10.00. The number of nitrogens with one attached hydrogen (secondary N) is 1. The number of nitrogens with zero attached hydrogens (tertiary/aromatic N) is 2. The number of esters is 1. The van der Waals surface area contributed by atoms with Crippen molar-refractivity contribution in [3.8, 4) is 5.75 Å². The number of hydrogen-bond donors (Lipinski definition) is 3. The lowest BCUT2D eigenvalue weighted by Gasteiger charge is -2.22. The van der Waals surface area contributed by atoms with Crippen LogP contribution < -0.4 is 15.5 Å². The van der Waals surface area contributed by atoms with E-state index >= 15 is 8.78 Å². The molecule has 4 atom stereocenters. The van der Waals surface area contributed by atoms with Gasteiger partial charge in [0.1, 0.15) is 23.7 Å². The molecule has 250 valence electrons. The van der Waals surface area contributed by atoms with Crippen molar-refractivity contribution >= 4 is 41.3 Å². The molecule has 1 saturated heterocycles. The van der Waals surface area contributed by atoms with Crippen molar-refractivity contribution < 1.29 is 51.5 Å². The molecule has 0 aliphatic carbocycles. The van der Waals surface area contributed by atoms with Crippen molar-refractivity contribution in [3.05, 3.63) is 93.9 Å². The van der Waals surface area contributed by atoms with E-state index in [1.54, 1.807) is 36.4 Å². The van der Waals surface area contributed by atoms with Gasteiger partial charge in [0, 0.05) is 22.7 Å². The number of aliphatic hydroxyl groups excluding tert-OH is 1. The normalized spacial score (nSPS) is 20.1. The second-order valence-corrected chi connectivity index (χ2v) is 13.6. The minimum atomic E-state index is -3.93. The molecule has 4 aromatic rings. The minimum absolute atomic E-state index is 0.0301. The Bertz CT molecular complexity index is 1890. The second kappa shape index (κ2) is 14.0. The maximum atomic E-state index is 15.3. The number of carbonyl (C=O) groups excluding carboxylic acids is 2. The van der Waals surface area contributed by atoms with Crippen LogP contribution in [0.5, 0.6) is 5.75 Å². The second-order valence-electron chi connectivity index (χ2n) is 10.6. The summed E-state index contributed by atoms with van der Waals surface area (Å²) in [5.74, 6) is -5.71. The fourth-order valence-electron chi connectivity index (χ4n) is 4.90. The van der Waals surface area contributed by atoms with E-state index in [-0.39, 0.29) is 24.5 Å². The third-order valence-electron chi connectivity index (χ3n) is 7.46. The Morgan fingerprint density at radius 1 is 1.19 bits per heavy atom. The number of alkyl halides is 2. The number of furan rings is 1. The lowest BCUT2D eigenvalue weighted by Crippen LogP contribution is -2.38. The van der Waals surface area contributed by atoms with Gasteiger partial charge in [-0.15, -0.1) is 0 Å². The number of halogens is 2. The number of fused-ring (bicyclic) bond motifs is 1. The van der Waals surface area contributed by atoms with Crippen molar-refractivity contribution in [3.63, 3.8) is 0 Å². The lowest BCUT2D eigenvalue weighted by molar-refractivity contribution is -0.144. The fourth-order valence-corrected chi connectivity index (χ4v) is 6.13. The van der Waals surface area contributed by atoms with Gasteiger partial charge in [-0.3, -0.25) is 19.2 Å². The third kappa shape index (κ3) is 7.75. The molecule has 17 heteroatoms. The van der Waals surface area contributed by atoms with Gasteiger partial charge in [-0.1, -0.05) is 25.1 Å². The Balaban J connectivity index is 1.19. The number of aromatic nitrogens is 2. The summed E-state index contributed by atoms with van der Waals surface area (Å²) in [6, 6.07) is 14.1. The maximum absolute atomic E-state index is 15.3. The highest BCUT2D eigenvalue weighted by Crippen LogP contribution is 2.48. The van der Waals surface area contributed by atoms with Crippen LogP contribution in [0.15, 0.2) is 70.0 Å². The van der Waals surface area contributed by atoms with Crippen molar-refractivity contribution in [1.29, 1.82) is 0 Å². The highest BCUT2D eigenvalue weighted by Gasteiger charge is 2.58. The Morgan fingerprint density at radius 3 is 2.62 bits per heavy atom. The molecule has 1 aliphatic rings. The number of ether oxygens (including phenoxy) is 3. The minimum Gasteiger partial charge on any atom is -0.497 e. The summed E-state index contributed by atoms with van der Waals surface area (Å²) in [5.41, 5.74) is -0.0150. The molecule has 0 bridgehead atoms. The molecular formula is C30H30F2N3O10PS. The Hall–Kier alpha value is -4.05. The van der Waals surface area contributed by atoms with Crippen molar-refractivity contribution in [1.82, 2.24) is 14.6 Å². The Labute approximate surface area is 271 Å². The molecule has 2 aromatic carbocycles. The zero-order valence-electron chi connectivity index (χ0n) is 25.0. The number of benzene rings is 2. The topological polar surface area (TPSA) is 172 Å². The van der Waals surface area contributed by atoms with Gasteiger partial charge in [-0.25, -0.2) is 13.6 Å². The molecule has 1 fully saturated rings. The summed E-state index contributed by atoms with van der Waals surface area (Å²) in [7, 11) is 1.48. The first kappa shape index (κ1) is 34.3. The molecule has 0 spiro atoms. The fraction of sp³-hybridized carbons (Fsp3) is 0.333. The molecule has 1 amide bonds. The average molecular weight is 694 g/mol. The van der Waals surface area contributed by atoms with Crippen LogP contribution >= 0.6 is 6.64 Å². The zero-order valence-corrected chi connectivity index (χ0v) is 26.7. The van der Waals surface area contributed by atoms with Crippen molar-refractivity contribution in [2.45, 2.75) is 44.8 Å². The van der Waals surface area contributed by atoms with E-state index in [2.05, 4.69) is 10.1 Å². The molecule has 1 aliphatic heterocycles. The van der Waals surface area contributed by atoms with E-state index in [1.165, 1.54) is 32.2 Å². The number of rotatable bonds is 12. The van der Waals surface area contributed by atoms with E-state index in [0.717, 1.165) is 6.20 Å². The first-order valence-corrected chi connectivity index (χ1v) is 16.8. The van der Waals surface area contributed by atoms with Crippen molar-refractivity contribution in [2.24, 2.45) is 5.92 Å². The predicted octanol–water partition coefficient (Wildman–Crippen LogP) is 3.61. The smallest absolute Gasteiger partial charge is 0.350 e. The van der Waals surface area contributed by atoms with Crippen LogP contribution in [-0.4, -0.2) is 57.2 Å². The summed E-state index contributed by atoms with van der Waals surface area (Å²) in [4.78, 5) is 51.8. The van der Waals surface area contributed by atoms with E-state index < -0.39 is 61.4 Å². The summed E-state index contributed by atoms with van der Waals surface area (Å²) < 4.78 is 58.0. The van der Waals surface area contributed by atoms with Gasteiger partial charge in [-0.2, -0.15) is 4.98 Å². The van der Waals surface area contributed by atoms with Gasteiger partial charge >= 0.3 is 11.7 Å². The van der Waals surface area contributed by atoms with Gasteiger partial charge < -0.3 is 33.2 Å². The first-order chi connectivity index (χ1) is 22.3. The molecular weight excluding hydrogens is 663 g/mol. The quantitative estimate of drug-likeness (QED) is 0.146. The van der Waals surface area contributed by atoms with Crippen LogP contribution in [0.2, 0.25) is 0 Å². The molecule has 5 rings (SSSR count). The number of carbonyl (C=O) groups is 2. The number of methoxy groups -OCH3 is 1. The summed E-state index contributed by atoms with van der Waals surface area (Å²) in [6.45, 7) is -3.89. The van der Waals surface area contributed by atoms with Crippen LogP contribution in [0.25, 0.3) is 11.0 Å². The molecule has 0 saturated carbocycles. The molecule has 0 radical (unpaired) electrons. The Morgan fingerprint density at radius 2 is 1.94 bits per heavy atom. The molecule has 13 nitrogen and oxygen atoms in total. The average Bonchev–Trinajstić information content (AvgIpc) is 3.56. The van der Waals surface area contributed by atoms with Crippen LogP contribution in [-0.2, 0) is 50.2 Å². The largest absolute Gasteiger partial charge is 0.497 e. The SMILES string of the molecule is COc1cc(CO)c2oc(COC(=O)Cc3ccn([C@@H]4O[C@H](COP(O)(=S)NC(=O)c5ccccc5)[C@@H](C)C4(F)F)c(=O)n3)cc2c1. The van der Waals surface area contributed by atoms with E-state index in [9.17, 15) is 24.4 Å². The van der Waals surface area contributed by atoms with Gasteiger partial charge in [0.15, 0.2) is 0 Å². The van der Waals surface area contributed by atoms with Gasteiger partial charge in [0.05, 0.1) is 44.5 Å².